The zero-order valence-corrected chi connectivity index (χ0v) is 9.66. The Hall–Kier alpha value is -1.61. The van der Waals surface area contributed by atoms with E-state index in [1.807, 2.05) is 19.9 Å². The van der Waals surface area contributed by atoms with Crippen LogP contribution in [0.1, 0.15) is 29.8 Å². The highest BCUT2D eigenvalue weighted by Crippen LogP contribution is 2.04. The summed E-state index contributed by atoms with van der Waals surface area (Å²) in [4.78, 5) is 10.7. The third kappa shape index (κ3) is 4.28. The van der Waals surface area contributed by atoms with Crippen molar-refractivity contribution >= 4 is 5.97 Å². The molecule has 0 radical (unpaired) electrons. The summed E-state index contributed by atoms with van der Waals surface area (Å²) in [6.45, 7) is 5.59. The molecule has 0 aliphatic heterocycles. The van der Waals surface area contributed by atoms with Crippen LogP contribution in [0, 0.1) is 0 Å². The van der Waals surface area contributed by atoms with Crippen LogP contribution in [0.15, 0.2) is 35.9 Å². The quantitative estimate of drug-likeness (QED) is 0.590. The molecule has 0 unspecified atom stereocenters. The molecule has 0 bridgehead atoms. The molecular weight excluding hydrogens is 202 g/mol. The lowest BCUT2D eigenvalue weighted by Gasteiger charge is -2.03. The van der Waals surface area contributed by atoms with Gasteiger partial charge in [0.15, 0.2) is 0 Å². The minimum Gasteiger partial charge on any atom is -0.478 e. The highest BCUT2D eigenvalue weighted by atomic mass is 16.4. The standard InChI is InChI=1S/C13H17NO2/c1-10(2)6-7-14-9-11-4-3-5-12(8-11)13(15)16/h3-6,8,14H,7,9H2,1-2H3,(H,15,16). The Morgan fingerprint density at radius 3 is 2.81 bits per heavy atom. The fourth-order valence-electron chi connectivity index (χ4n) is 1.31. The van der Waals surface area contributed by atoms with E-state index in [1.165, 1.54) is 5.57 Å². The average molecular weight is 219 g/mol. The maximum atomic E-state index is 10.7. The fourth-order valence-corrected chi connectivity index (χ4v) is 1.31. The number of allylic oxidation sites excluding steroid dienone is 1. The molecule has 0 amide bonds. The predicted molar refractivity (Wildman–Crippen MR) is 64.5 cm³/mol. The van der Waals surface area contributed by atoms with Crippen LogP contribution < -0.4 is 5.32 Å². The van der Waals surface area contributed by atoms with Gasteiger partial charge in [-0.2, -0.15) is 0 Å². The number of hydrogen-bond donors (Lipinski definition) is 2. The molecule has 2 N–H and O–H groups in total. The summed E-state index contributed by atoms with van der Waals surface area (Å²) in [5.41, 5.74) is 2.59. The van der Waals surface area contributed by atoms with Crippen molar-refractivity contribution in [2.45, 2.75) is 20.4 Å². The van der Waals surface area contributed by atoms with E-state index >= 15 is 0 Å². The van der Waals surface area contributed by atoms with Gasteiger partial charge >= 0.3 is 5.97 Å². The fraction of sp³-hybridized carbons (Fsp3) is 0.308. The Balaban J connectivity index is 2.51. The number of benzene rings is 1. The number of carboxylic acid groups (broad SMARTS) is 1. The van der Waals surface area contributed by atoms with Crippen molar-refractivity contribution in [1.82, 2.24) is 5.32 Å². The predicted octanol–water partition coefficient (Wildman–Crippen LogP) is 2.44. The SMILES string of the molecule is CC(C)=CCNCc1cccc(C(=O)O)c1. The monoisotopic (exact) mass is 219 g/mol. The number of hydrogen-bond acceptors (Lipinski definition) is 2. The lowest BCUT2D eigenvalue weighted by atomic mass is 10.1. The number of rotatable bonds is 5. The van der Waals surface area contributed by atoms with Crippen molar-refractivity contribution in [3.05, 3.63) is 47.0 Å². The zero-order chi connectivity index (χ0) is 12.0. The summed E-state index contributed by atoms with van der Waals surface area (Å²) >= 11 is 0. The Kier molecular flexibility index (Phi) is 4.73. The molecule has 0 atom stereocenters. The van der Waals surface area contributed by atoms with E-state index in [-0.39, 0.29) is 0 Å². The molecule has 16 heavy (non-hydrogen) atoms. The van der Waals surface area contributed by atoms with Crippen LogP contribution >= 0.6 is 0 Å². The van der Waals surface area contributed by atoms with Crippen molar-refractivity contribution in [3.63, 3.8) is 0 Å². The van der Waals surface area contributed by atoms with Crippen LogP contribution in [0.3, 0.4) is 0 Å². The lowest BCUT2D eigenvalue weighted by Crippen LogP contribution is -2.13. The first-order chi connectivity index (χ1) is 7.59. The minimum absolute atomic E-state index is 0.335. The van der Waals surface area contributed by atoms with Gasteiger partial charge in [0, 0.05) is 13.1 Å². The smallest absolute Gasteiger partial charge is 0.335 e. The number of nitrogens with one attached hydrogen (secondary N) is 1. The van der Waals surface area contributed by atoms with E-state index in [9.17, 15) is 4.79 Å². The zero-order valence-electron chi connectivity index (χ0n) is 9.66. The van der Waals surface area contributed by atoms with Crippen LogP contribution in [0.4, 0.5) is 0 Å². The van der Waals surface area contributed by atoms with Crippen LogP contribution in [-0.2, 0) is 6.54 Å². The van der Waals surface area contributed by atoms with E-state index < -0.39 is 5.97 Å². The normalized spacial score (nSPS) is 9.88. The number of carboxylic acids is 1. The van der Waals surface area contributed by atoms with Crippen LogP contribution in [0.5, 0.6) is 0 Å². The van der Waals surface area contributed by atoms with E-state index in [0.29, 0.717) is 12.1 Å². The first-order valence-corrected chi connectivity index (χ1v) is 5.26. The summed E-state index contributed by atoms with van der Waals surface area (Å²) < 4.78 is 0. The number of aromatic carboxylic acids is 1. The van der Waals surface area contributed by atoms with Crippen molar-refractivity contribution in [1.29, 1.82) is 0 Å². The van der Waals surface area contributed by atoms with Crippen LogP contribution in [0.25, 0.3) is 0 Å². The van der Waals surface area contributed by atoms with Gasteiger partial charge in [0.1, 0.15) is 0 Å². The van der Waals surface area contributed by atoms with Crippen molar-refractivity contribution < 1.29 is 9.90 Å². The van der Waals surface area contributed by atoms with Gasteiger partial charge in [0.25, 0.3) is 0 Å². The third-order valence-electron chi connectivity index (χ3n) is 2.16. The first kappa shape index (κ1) is 12.5. The minimum atomic E-state index is -0.883. The Labute approximate surface area is 95.8 Å². The van der Waals surface area contributed by atoms with Gasteiger partial charge in [0.2, 0.25) is 0 Å². The van der Waals surface area contributed by atoms with E-state index in [2.05, 4.69) is 11.4 Å². The molecule has 0 heterocycles. The Morgan fingerprint density at radius 1 is 1.44 bits per heavy atom. The van der Waals surface area contributed by atoms with Gasteiger partial charge in [0.05, 0.1) is 5.56 Å². The number of carbonyl (C=O) groups is 1. The molecule has 86 valence electrons. The highest BCUT2D eigenvalue weighted by Gasteiger charge is 2.02. The van der Waals surface area contributed by atoms with Crippen molar-refractivity contribution in [3.8, 4) is 0 Å². The largest absolute Gasteiger partial charge is 0.478 e. The summed E-state index contributed by atoms with van der Waals surface area (Å²) in [6.07, 6.45) is 2.10. The molecule has 0 aliphatic rings. The Morgan fingerprint density at radius 2 is 2.19 bits per heavy atom. The van der Waals surface area contributed by atoms with Crippen molar-refractivity contribution in [2.24, 2.45) is 0 Å². The van der Waals surface area contributed by atoms with Gasteiger partial charge < -0.3 is 10.4 Å². The summed E-state index contributed by atoms with van der Waals surface area (Å²) in [5, 5.41) is 12.1. The van der Waals surface area contributed by atoms with Crippen LogP contribution in [-0.4, -0.2) is 17.6 Å². The van der Waals surface area contributed by atoms with Crippen molar-refractivity contribution in [2.75, 3.05) is 6.54 Å². The maximum Gasteiger partial charge on any atom is 0.335 e. The molecule has 0 spiro atoms. The average Bonchev–Trinajstić information content (AvgIpc) is 2.24. The molecule has 1 aromatic rings. The van der Waals surface area contributed by atoms with Gasteiger partial charge in [-0.15, -0.1) is 0 Å². The molecule has 3 nitrogen and oxygen atoms in total. The summed E-state index contributed by atoms with van der Waals surface area (Å²) in [5.74, 6) is -0.883. The molecule has 3 heteroatoms. The second-order valence-electron chi connectivity index (χ2n) is 3.92. The topological polar surface area (TPSA) is 49.3 Å². The Bertz CT molecular complexity index is 393. The molecule has 1 aromatic carbocycles. The molecule has 0 aliphatic carbocycles. The molecule has 0 aromatic heterocycles. The molecule has 0 saturated carbocycles. The van der Waals surface area contributed by atoms with Gasteiger partial charge in [-0.25, -0.2) is 4.79 Å². The molecule has 0 saturated heterocycles. The molecule has 0 fully saturated rings. The van der Waals surface area contributed by atoms with E-state index in [0.717, 1.165) is 12.1 Å². The first-order valence-electron chi connectivity index (χ1n) is 5.26. The molecular formula is C13H17NO2. The van der Waals surface area contributed by atoms with Gasteiger partial charge in [-0.1, -0.05) is 23.8 Å². The van der Waals surface area contributed by atoms with E-state index in [4.69, 9.17) is 5.11 Å². The van der Waals surface area contributed by atoms with Gasteiger partial charge in [-0.05, 0) is 31.5 Å². The maximum absolute atomic E-state index is 10.7. The second-order valence-corrected chi connectivity index (χ2v) is 3.92. The third-order valence-corrected chi connectivity index (χ3v) is 2.16. The van der Waals surface area contributed by atoms with Gasteiger partial charge in [-0.3, -0.25) is 0 Å². The van der Waals surface area contributed by atoms with E-state index in [1.54, 1.807) is 18.2 Å². The van der Waals surface area contributed by atoms with Crippen LogP contribution in [0.2, 0.25) is 0 Å². The molecule has 1 rings (SSSR count). The summed E-state index contributed by atoms with van der Waals surface area (Å²) in [6, 6.07) is 6.98. The lowest BCUT2D eigenvalue weighted by molar-refractivity contribution is 0.0697. The summed E-state index contributed by atoms with van der Waals surface area (Å²) in [7, 11) is 0. The second kappa shape index (κ2) is 6.08. The highest BCUT2D eigenvalue weighted by molar-refractivity contribution is 5.87.